The number of hydrogen-bond acceptors (Lipinski definition) is 4. The summed E-state index contributed by atoms with van der Waals surface area (Å²) < 4.78 is 5.49. The average molecular weight is 381 g/mol. The maximum atomic E-state index is 6.22. The summed E-state index contributed by atoms with van der Waals surface area (Å²) in [6.45, 7) is 4.32. The number of aromatic nitrogens is 2. The van der Waals surface area contributed by atoms with Gasteiger partial charge in [0.15, 0.2) is 0 Å². The summed E-state index contributed by atoms with van der Waals surface area (Å²) in [7, 11) is 0. The quantitative estimate of drug-likeness (QED) is 0.729. The highest BCUT2D eigenvalue weighted by Crippen LogP contribution is 2.28. The van der Waals surface area contributed by atoms with Crippen LogP contribution in [-0.2, 0) is 12.8 Å². The fourth-order valence-electron chi connectivity index (χ4n) is 3.46. The number of halogens is 1. The van der Waals surface area contributed by atoms with E-state index in [2.05, 4.69) is 41.5 Å². The zero-order valence-corrected chi connectivity index (χ0v) is 16.1. The molecule has 6 heteroatoms. The highest BCUT2D eigenvalue weighted by atomic mass is 35.5. The van der Waals surface area contributed by atoms with Gasteiger partial charge >= 0.3 is 0 Å². The van der Waals surface area contributed by atoms with E-state index in [0.29, 0.717) is 12.3 Å². The number of hydrogen-bond donors (Lipinski definition) is 1. The van der Waals surface area contributed by atoms with Gasteiger partial charge in [-0.15, -0.1) is 10.2 Å². The number of fused-ring (bicyclic) bond motifs is 1. The first-order valence-electron chi connectivity index (χ1n) is 8.95. The zero-order valence-electron chi connectivity index (χ0n) is 15.3. The first kappa shape index (κ1) is 17.7. The van der Waals surface area contributed by atoms with Crippen molar-refractivity contribution >= 4 is 17.4 Å². The normalized spacial score (nSPS) is 18.0. The number of aliphatic imine (C=N–C) groups is 1. The van der Waals surface area contributed by atoms with E-state index < -0.39 is 0 Å². The Morgan fingerprint density at radius 3 is 2.78 bits per heavy atom. The molecule has 2 heterocycles. The number of amidine groups is 1. The number of rotatable bonds is 4. The molecule has 0 saturated carbocycles. The third-order valence-corrected chi connectivity index (χ3v) is 4.87. The van der Waals surface area contributed by atoms with Crippen molar-refractivity contribution in [2.24, 2.45) is 4.99 Å². The van der Waals surface area contributed by atoms with Gasteiger partial charge in [-0.3, -0.25) is 4.99 Å². The van der Waals surface area contributed by atoms with E-state index in [1.165, 1.54) is 12.0 Å². The van der Waals surface area contributed by atoms with E-state index in [1.54, 1.807) is 0 Å². The van der Waals surface area contributed by atoms with Gasteiger partial charge in [0.2, 0.25) is 12.3 Å². The third kappa shape index (κ3) is 4.03. The highest BCUT2D eigenvalue weighted by molar-refractivity contribution is 6.30. The van der Waals surface area contributed by atoms with E-state index in [1.807, 2.05) is 36.4 Å². The molecule has 0 amide bonds. The Kier molecular flexibility index (Phi) is 4.70. The lowest BCUT2D eigenvalue weighted by Crippen LogP contribution is -2.49. The molecule has 1 N–H and O–H groups in total. The highest BCUT2D eigenvalue weighted by Gasteiger charge is 2.30. The second kappa shape index (κ2) is 7.16. The van der Waals surface area contributed by atoms with Crippen LogP contribution in [0.3, 0.4) is 0 Å². The standard InChI is InChI=1S/C21H21ClN4O/c1-21(2)12-15-11-16(22)8-9-17(15)19(25-21)24-18(20-26-23-13-27-20)10-14-6-4-3-5-7-14/h3-9,11,13,18H,10,12H2,1-2H3,(H,24,25). The van der Waals surface area contributed by atoms with E-state index in [9.17, 15) is 0 Å². The molecule has 1 aromatic heterocycles. The van der Waals surface area contributed by atoms with E-state index >= 15 is 0 Å². The minimum absolute atomic E-state index is 0.122. The Morgan fingerprint density at radius 1 is 1.22 bits per heavy atom. The predicted octanol–water partition coefficient (Wildman–Crippen LogP) is 4.38. The van der Waals surface area contributed by atoms with Crippen molar-refractivity contribution in [3.8, 4) is 0 Å². The molecule has 5 nitrogen and oxygen atoms in total. The maximum Gasteiger partial charge on any atom is 0.241 e. The molecule has 1 unspecified atom stereocenters. The van der Waals surface area contributed by atoms with Crippen molar-refractivity contribution in [1.29, 1.82) is 0 Å². The number of nitrogens with zero attached hydrogens (tertiary/aromatic N) is 3. The first-order valence-corrected chi connectivity index (χ1v) is 9.33. The van der Waals surface area contributed by atoms with Gasteiger partial charge in [-0.1, -0.05) is 41.9 Å². The van der Waals surface area contributed by atoms with Crippen molar-refractivity contribution in [2.45, 2.75) is 38.3 Å². The Labute approximate surface area is 163 Å². The summed E-state index contributed by atoms with van der Waals surface area (Å²) >= 11 is 6.22. The van der Waals surface area contributed by atoms with Gasteiger partial charge in [0.1, 0.15) is 11.9 Å². The van der Waals surface area contributed by atoms with Crippen LogP contribution in [0.15, 0.2) is 64.3 Å². The molecule has 0 fully saturated rings. The zero-order chi connectivity index (χ0) is 18.9. The van der Waals surface area contributed by atoms with Crippen LogP contribution in [0, 0.1) is 0 Å². The number of benzene rings is 2. The van der Waals surface area contributed by atoms with Gasteiger partial charge in [0.05, 0.1) is 0 Å². The second-order valence-corrected chi connectivity index (χ2v) is 7.88. The minimum Gasteiger partial charge on any atom is -0.426 e. The largest absolute Gasteiger partial charge is 0.426 e. The molecule has 0 saturated heterocycles. The Hall–Kier alpha value is -2.66. The molecule has 1 aliphatic heterocycles. The maximum absolute atomic E-state index is 6.22. The molecule has 0 radical (unpaired) electrons. The predicted molar refractivity (Wildman–Crippen MR) is 106 cm³/mol. The third-order valence-electron chi connectivity index (χ3n) is 4.63. The van der Waals surface area contributed by atoms with Gasteiger partial charge in [-0.25, -0.2) is 0 Å². The van der Waals surface area contributed by atoms with Crippen LogP contribution in [0.1, 0.15) is 42.5 Å². The molecule has 4 rings (SSSR count). The van der Waals surface area contributed by atoms with Crippen molar-refractivity contribution in [3.63, 3.8) is 0 Å². The fourth-order valence-corrected chi connectivity index (χ4v) is 3.65. The monoisotopic (exact) mass is 380 g/mol. The lowest BCUT2D eigenvalue weighted by Gasteiger charge is -2.35. The van der Waals surface area contributed by atoms with E-state index in [0.717, 1.165) is 28.4 Å². The first-order chi connectivity index (χ1) is 13.0. The van der Waals surface area contributed by atoms with Crippen LogP contribution in [0.2, 0.25) is 5.02 Å². The molecule has 0 spiro atoms. The molecular formula is C21H21ClN4O. The van der Waals surface area contributed by atoms with Crippen LogP contribution in [0.25, 0.3) is 0 Å². The molecule has 27 heavy (non-hydrogen) atoms. The summed E-state index contributed by atoms with van der Waals surface area (Å²) in [6, 6.07) is 15.9. The van der Waals surface area contributed by atoms with Crippen molar-refractivity contribution in [1.82, 2.24) is 15.5 Å². The summed E-state index contributed by atoms with van der Waals surface area (Å²) in [5.41, 5.74) is 3.30. The van der Waals surface area contributed by atoms with Crippen LogP contribution >= 0.6 is 11.6 Å². The van der Waals surface area contributed by atoms with Gasteiger partial charge < -0.3 is 9.73 Å². The second-order valence-electron chi connectivity index (χ2n) is 7.45. The van der Waals surface area contributed by atoms with Gasteiger partial charge in [-0.2, -0.15) is 0 Å². The molecule has 0 aliphatic carbocycles. The molecule has 2 aromatic carbocycles. The van der Waals surface area contributed by atoms with Crippen LogP contribution in [-0.4, -0.2) is 21.6 Å². The molecule has 138 valence electrons. The van der Waals surface area contributed by atoms with Gasteiger partial charge in [-0.05, 0) is 49.6 Å². The van der Waals surface area contributed by atoms with Gasteiger partial charge in [0, 0.05) is 22.5 Å². The summed E-state index contributed by atoms with van der Waals surface area (Å²) in [6.07, 6.45) is 2.91. The molecular weight excluding hydrogens is 360 g/mol. The summed E-state index contributed by atoms with van der Waals surface area (Å²) in [5.74, 6) is 1.34. The minimum atomic E-state index is -0.269. The topological polar surface area (TPSA) is 63.3 Å². The lowest BCUT2D eigenvalue weighted by molar-refractivity contribution is 0.432. The molecule has 3 aromatic rings. The lowest BCUT2D eigenvalue weighted by atomic mass is 9.87. The van der Waals surface area contributed by atoms with Crippen molar-refractivity contribution in [3.05, 3.63) is 82.5 Å². The van der Waals surface area contributed by atoms with Gasteiger partial charge in [0.25, 0.3) is 0 Å². The molecule has 1 aliphatic rings. The van der Waals surface area contributed by atoms with Crippen LogP contribution in [0.5, 0.6) is 0 Å². The number of nitrogens with one attached hydrogen (secondary N) is 1. The Bertz CT molecular complexity index is 952. The summed E-state index contributed by atoms with van der Waals surface area (Å²) in [4.78, 5) is 5.01. The fraction of sp³-hybridized carbons (Fsp3) is 0.286. The molecule has 0 bridgehead atoms. The average Bonchev–Trinajstić information content (AvgIpc) is 3.15. The SMILES string of the molecule is CC1(C)Cc2cc(Cl)ccc2C(=NC(Cc2ccccc2)c2nnco2)N1. The van der Waals surface area contributed by atoms with E-state index in [4.69, 9.17) is 21.0 Å². The van der Waals surface area contributed by atoms with E-state index in [-0.39, 0.29) is 11.6 Å². The molecule has 1 atom stereocenters. The van der Waals surface area contributed by atoms with Crippen LogP contribution < -0.4 is 5.32 Å². The smallest absolute Gasteiger partial charge is 0.241 e. The Morgan fingerprint density at radius 2 is 2.04 bits per heavy atom. The van der Waals surface area contributed by atoms with Crippen molar-refractivity contribution < 1.29 is 4.42 Å². The Balaban J connectivity index is 1.76. The van der Waals surface area contributed by atoms with Crippen molar-refractivity contribution in [2.75, 3.05) is 0 Å². The van der Waals surface area contributed by atoms with Crippen LogP contribution in [0.4, 0.5) is 0 Å². The summed E-state index contributed by atoms with van der Waals surface area (Å²) in [5, 5.41) is 12.3.